The van der Waals surface area contributed by atoms with E-state index in [-0.39, 0.29) is 5.91 Å². The average Bonchev–Trinajstić information content (AvgIpc) is 3.43. The summed E-state index contributed by atoms with van der Waals surface area (Å²) >= 11 is 0. The summed E-state index contributed by atoms with van der Waals surface area (Å²) in [4.78, 5) is 14.1. The number of rotatable bonds is 4. The van der Waals surface area contributed by atoms with Crippen molar-refractivity contribution in [1.29, 1.82) is 0 Å². The van der Waals surface area contributed by atoms with E-state index >= 15 is 0 Å². The van der Waals surface area contributed by atoms with Gasteiger partial charge in [0.1, 0.15) is 5.75 Å². The van der Waals surface area contributed by atoms with Gasteiger partial charge in [-0.1, -0.05) is 59.7 Å². The Morgan fingerprint density at radius 1 is 0.757 bits per heavy atom. The fourth-order valence-corrected chi connectivity index (χ4v) is 5.29. The van der Waals surface area contributed by atoms with Crippen molar-refractivity contribution in [3.8, 4) is 28.3 Å². The SMILES string of the molecule is COc1ccc(C(=O)n2c(-c3c(-c4ccc(C)cc4)n(C)c4ccc(C)cc34)cc3ccccc32)cc1. The van der Waals surface area contributed by atoms with E-state index < -0.39 is 0 Å². The highest BCUT2D eigenvalue weighted by atomic mass is 16.5. The third-order valence-electron chi connectivity index (χ3n) is 7.19. The van der Waals surface area contributed by atoms with Crippen LogP contribution in [0.4, 0.5) is 0 Å². The molecule has 0 N–H and O–H groups in total. The maximum atomic E-state index is 14.1. The van der Waals surface area contributed by atoms with E-state index in [4.69, 9.17) is 4.74 Å². The number of methoxy groups -OCH3 is 1. The van der Waals surface area contributed by atoms with Gasteiger partial charge in [0.2, 0.25) is 0 Å². The molecule has 4 aromatic carbocycles. The summed E-state index contributed by atoms with van der Waals surface area (Å²) < 4.78 is 9.43. The second-order valence-corrected chi connectivity index (χ2v) is 9.63. The van der Waals surface area contributed by atoms with E-state index in [9.17, 15) is 4.79 Å². The second-order valence-electron chi connectivity index (χ2n) is 9.63. The number of nitrogens with zero attached hydrogens (tertiary/aromatic N) is 2. The lowest BCUT2D eigenvalue weighted by Crippen LogP contribution is -2.13. The molecular formula is C33H28N2O2. The zero-order chi connectivity index (χ0) is 25.7. The molecule has 2 aromatic heterocycles. The van der Waals surface area contributed by atoms with E-state index in [0.717, 1.165) is 50.1 Å². The highest BCUT2D eigenvalue weighted by Gasteiger charge is 2.25. The van der Waals surface area contributed by atoms with E-state index in [2.05, 4.69) is 80.1 Å². The van der Waals surface area contributed by atoms with Crippen molar-refractivity contribution in [3.63, 3.8) is 0 Å². The Labute approximate surface area is 216 Å². The van der Waals surface area contributed by atoms with Crippen LogP contribution in [0.3, 0.4) is 0 Å². The van der Waals surface area contributed by atoms with Crippen molar-refractivity contribution in [2.45, 2.75) is 13.8 Å². The molecule has 0 radical (unpaired) electrons. The van der Waals surface area contributed by atoms with Gasteiger partial charge in [-0.3, -0.25) is 9.36 Å². The Kier molecular flexibility index (Phi) is 5.45. The molecule has 37 heavy (non-hydrogen) atoms. The van der Waals surface area contributed by atoms with Gasteiger partial charge >= 0.3 is 0 Å². The largest absolute Gasteiger partial charge is 0.497 e. The standard InChI is InChI=1S/C33H28N2O2/c1-21-9-12-23(13-10-21)32-31(27-19-22(2)11-18-29(27)34(32)3)30-20-25-7-5-6-8-28(25)35(30)33(36)24-14-16-26(37-4)17-15-24/h5-20H,1-4H3. The van der Waals surface area contributed by atoms with Gasteiger partial charge in [-0.25, -0.2) is 0 Å². The number of carbonyl (C=O) groups excluding carboxylic acids is 1. The van der Waals surface area contributed by atoms with Crippen LogP contribution < -0.4 is 4.74 Å². The Balaban J connectivity index is 1.70. The van der Waals surface area contributed by atoms with Gasteiger partial charge in [-0.05, 0) is 67.9 Å². The molecule has 0 saturated carbocycles. The first kappa shape index (κ1) is 22.9. The van der Waals surface area contributed by atoms with Crippen LogP contribution >= 0.6 is 0 Å². The summed E-state index contributed by atoms with van der Waals surface area (Å²) in [5.74, 6) is 0.652. The first-order chi connectivity index (χ1) is 18.0. The smallest absolute Gasteiger partial charge is 0.262 e. The number of benzene rings is 4. The highest BCUT2D eigenvalue weighted by Crippen LogP contribution is 2.43. The minimum atomic E-state index is -0.0710. The first-order valence-electron chi connectivity index (χ1n) is 12.4. The Morgan fingerprint density at radius 2 is 1.46 bits per heavy atom. The topological polar surface area (TPSA) is 36.2 Å². The van der Waals surface area contributed by atoms with Crippen molar-refractivity contribution in [2.24, 2.45) is 7.05 Å². The predicted molar refractivity (Wildman–Crippen MR) is 151 cm³/mol. The molecule has 0 amide bonds. The molecule has 0 fully saturated rings. The molecule has 6 rings (SSSR count). The minimum absolute atomic E-state index is 0.0710. The maximum absolute atomic E-state index is 14.1. The normalized spacial score (nSPS) is 11.4. The monoisotopic (exact) mass is 484 g/mol. The summed E-state index contributed by atoms with van der Waals surface area (Å²) in [7, 11) is 3.73. The van der Waals surface area contributed by atoms with Crippen LogP contribution in [0.2, 0.25) is 0 Å². The zero-order valence-electron chi connectivity index (χ0n) is 21.4. The minimum Gasteiger partial charge on any atom is -0.497 e. The molecule has 0 bridgehead atoms. The third kappa shape index (κ3) is 3.73. The van der Waals surface area contributed by atoms with Crippen LogP contribution in [0.25, 0.3) is 44.3 Å². The summed E-state index contributed by atoms with van der Waals surface area (Å²) in [6.45, 7) is 4.21. The first-order valence-corrected chi connectivity index (χ1v) is 12.4. The summed E-state index contributed by atoms with van der Waals surface area (Å²) in [6, 6.07) is 32.7. The highest BCUT2D eigenvalue weighted by molar-refractivity contribution is 6.11. The Morgan fingerprint density at radius 3 is 2.19 bits per heavy atom. The zero-order valence-corrected chi connectivity index (χ0v) is 21.4. The maximum Gasteiger partial charge on any atom is 0.262 e. The van der Waals surface area contributed by atoms with Gasteiger partial charge in [-0.2, -0.15) is 0 Å². The fourth-order valence-electron chi connectivity index (χ4n) is 5.29. The molecule has 2 heterocycles. The summed E-state index contributed by atoms with van der Waals surface area (Å²) in [6.07, 6.45) is 0. The molecule has 0 aliphatic carbocycles. The lowest BCUT2D eigenvalue weighted by Gasteiger charge is -2.13. The molecule has 0 unspecified atom stereocenters. The van der Waals surface area contributed by atoms with Crippen molar-refractivity contribution in [2.75, 3.05) is 7.11 Å². The second kappa shape index (κ2) is 8.82. The molecule has 0 saturated heterocycles. The fraction of sp³-hybridized carbons (Fsp3) is 0.121. The van der Waals surface area contributed by atoms with E-state index in [0.29, 0.717) is 5.56 Å². The number of aromatic nitrogens is 2. The van der Waals surface area contributed by atoms with Crippen molar-refractivity contribution < 1.29 is 9.53 Å². The molecule has 0 aliphatic heterocycles. The predicted octanol–water partition coefficient (Wildman–Crippen LogP) is 7.78. The van der Waals surface area contributed by atoms with Crippen molar-refractivity contribution in [1.82, 2.24) is 9.13 Å². The van der Waals surface area contributed by atoms with Gasteiger partial charge in [0.15, 0.2) is 0 Å². The van der Waals surface area contributed by atoms with E-state index in [1.54, 1.807) is 7.11 Å². The van der Waals surface area contributed by atoms with Gasteiger partial charge < -0.3 is 9.30 Å². The van der Waals surface area contributed by atoms with Gasteiger partial charge in [-0.15, -0.1) is 0 Å². The number of hydrogen-bond acceptors (Lipinski definition) is 2. The van der Waals surface area contributed by atoms with Crippen LogP contribution in [0.5, 0.6) is 5.75 Å². The van der Waals surface area contributed by atoms with Crippen LogP contribution in [0.1, 0.15) is 21.5 Å². The lowest BCUT2D eigenvalue weighted by molar-refractivity contribution is 0.0967. The van der Waals surface area contributed by atoms with Gasteiger partial charge in [0.05, 0.1) is 24.0 Å². The Bertz CT molecular complexity index is 1790. The molecule has 0 atom stereocenters. The van der Waals surface area contributed by atoms with Gasteiger partial charge in [0.25, 0.3) is 5.91 Å². The summed E-state index contributed by atoms with van der Waals surface area (Å²) in [5.41, 5.74) is 9.16. The lowest BCUT2D eigenvalue weighted by atomic mass is 10.0. The molecule has 4 heteroatoms. The van der Waals surface area contributed by atoms with Crippen molar-refractivity contribution >= 4 is 27.7 Å². The van der Waals surface area contributed by atoms with E-state index in [1.807, 2.05) is 47.0 Å². The van der Waals surface area contributed by atoms with Crippen LogP contribution in [-0.4, -0.2) is 22.2 Å². The number of para-hydroxylation sites is 1. The molecule has 0 aliphatic rings. The molecule has 0 spiro atoms. The van der Waals surface area contributed by atoms with Crippen LogP contribution in [-0.2, 0) is 7.05 Å². The van der Waals surface area contributed by atoms with Crippen LogP contribution in [0, 0.1) is 13.8 Å². The number of aryl methyl sites for hydroxylation is 3. The molecule has 6 aromatic rings. The van der Waals surface area contributed by atoms with Crippen molar-refractivity contribution in [3.05, 3.63) is 114 Å². The average molecular weight is 485 g/mol. The van der Waals surface area contributed by atoms with Crippen LogP contribution in [0.15, 0.2) is 97.1 Å². The molecule has 4 nitrogen and oxygen atoms in total. The number of hydrogen-bond donors (Lipinski definition) is 0. The molecule has 182 valence electrons. The quantitative estimate of drug-likeness (QED) is 0.256. The number of carbonyl (C=O) groups is 1. The van der Waals surface area contributed by atoms with E-state index in [1.165, 1.54) is 11.1 Å². The number of ether oxygens (including phenoxy) is 1. The number of fused-ring (bicyclic) bond motifs is 2. The molecular weight excluding hydrogens is 456 g/mol. The summed E-state index contributed by atoms with van der Waals surface area (Å²) in [5, 5.41) is 2.16. The Hall–Kier alpha value is -4.57. The van der Waals surface area contributed by atoms with Gasteiger partial charge in [0, 0.05) is 34.5 Å². The third-order valence-corrected chi connectivity index (χ3v) is 7.19.